The quantitative estimate of drug-likeness (QED) is 0.852. The molecule has 0 saturated heterocycles. The molecular weight excluding hydrogens is 208 g/mol. The highest BCUT2D eigenvalue weighted by atomic mass is 32.1. The summed E-state index contributed by atoms with van der Waals surface area (Å²) in [7, 11) is 1.92. The van der Waals surface area contributed by atoms with Gasteiger partial charge in [-0.3, -0.25) is 0 Å². The molecule has 2 heterocycles. The molecule has 15 heavy (non-hydrogen) atoms. The molecule has 1 unspecified atom stereocenters. The second-order valence-electron chi connectivity index (χ2n) is 3.18. The van der Waals surface area contributed by atoms with Gasteiger partial charge >= 0.3 is 0 Å². The van der Waals surface area contributed by atoms with Crippen LogP contribution < -0.4 is 5.32 Å². The molecule has 2 aromatic rings. The molecule has 5 heteroatoms. The number of nitrogens with one attached hydrogen (secondary N) is 1. The van der Waals surface area contributed by atoms with E-state index in [1.807, 2.05) is 32.6 Å². The fourth-order valence-corrected chi connectivity index (χ4v) is 2.37. The summed E-state index contributed by atoms with van der Waals surface area (Å²) in [6.45, 7) is 2.00. The number of nitrogens with zero attached hydrogens (tertiary/aromatic N) is 3. The second-order valence-corrected chi connectivity index (χ2v) is 4.44. The zero-order valence-electron chi connectivity index (χ0n) is 8.64. The van der Waals surface area contributed by atoms with Crippen LogP contribution in [-0.4, -0.2) is 22.0 Å². The fraction of sp³-hybridized carbons (Fsp3) is 0.300. The minimum atomic E-state index is 0.136. The zero-order valence-corrected chi connectivity index (χ0v) is 9.45. The smallest absolute Gasteiger partial charge is 0.115 e. The van der Waals surface area contributed by atoms with Crippen LogP contribution >= 0.6 is 11.3 Å². The van der Waals surface area contributed by atoms with E-state index in [1.165, 1.54) is 11.2 Å². The Morgan fingerprint density at radius 2 is 2.00 bits per heavy atom. The van der Waals surface area contributed by atoms with Crippen molar-refractivity contribution in [1.29, 1.82) is 0 Å². The van der Waals surface area contributed by atoms with Crippen molar-refractivity contribution >= 4 is 11.3 Å². The van der Waals surface area contributed by atoms with Crippen LogP contribution in [0.2, 0.25) is 0 Å². The molecule has 1 N–H and O–H groups in total. The highest BCUT2D eigenvalue weighted by Crippen LogP contribution is 2.25. The van der Waals surface area contributed by atoms with Crippen molar-refractivity contribution in [1.82, 2.24) is 20.3 Å². The van der Waals surface area contributed by atoms with E-state index in [4.69, 9.17) is 0 Å². The van der Waals surface area contributed by atoms with E-state index in [0.29, 0.717) is 0 Å². The third kappa shape index (κ3) is 2.19. The maximum atomic E-state index is 4.25. The predicted molar refractivity (Wildman–Crippen MR) is 59.8 cm³/mol. The summed E-state index contributed by atoms with van der Waals surface area (Å²) in [4.78, 5) is 13.5. The van der Waals surface area contributed by atoms with Crippen LogP contribution in [0.5, 0.6) is 0 Å². The molecule has 78 valence electrons. The van der Waals surface area contributed by atoms with E-state index in [0.717, 1.165) is 10.6 Å². The number of hydrogen-bond acceptors (Lipinski definition) is 5. The molecule has 0 aliphatic carbocycles. The van der Waals surface area contributed by atoms with Crippen LogP contribution in [-0.2, 0) is 0 Å². The molecule has 0 aliphatic heterocycles. The Labute approximate surface area is 92.4 Å². The maximum Gasteiger partial charge on any atom is 0.115 e. The van der Waals surface area contributed by atoms with Gasteiger partial charge in [0.1, 0.15) is 6.33 Å². The van der Waals surface area contributed by atoms with Crippen LogP contribution in [0.25, 0.3) is 0 Å². The Hall–Kier alpha value is -1.33. The summed E-state index contributed by atoms with van der Waals surface area (Å²) in [6.07, 6.45) is 7.08. The van der Waals surface area contributed by atoms with Gasteiger partial charge in [-0.2, -0.15) is 0 Å². The molecule has 1 atom stereocenters. The number of rotatable bonds is 3. The van der Waals surface area contributed by atoms with E-state index in [9.17, 15) is 0 Å². The van der Waals surface area contributed by atoms with Gasteiger partial charge in [-0.1, -0.05) is 0 Å². The molecule has 2 aromatic heterocycles. The first-order valence-electron chi connectivity index (χ1n) is 4.65. The standard InChI is InChI=1S/C10H12N4S/c1-7-14-5-9(15-7)10(11-2)8-3-12-6-13-4-8/h3-6,10-11H,1-2H3. The summed E-state index contributed by atoms with van der Waals surface area (Å²) < 4.78 is 0. The van der Waals surface area contributed by atoms with Gasteiger partial charge in [0, 0.05) is 29.0 Å². The van der Waals surface area contributed by atoms with Crippen LogP contribution in [0.15, 0.2) is 24.9 Å². The van der Waals surface area contributed by atoms with E-state index in [2.05, 4.69) is 20.3 Å². The summed E-state index contributed by atoms with van der Waals surface area (Å²) in [6, 6.07) is 0.136. The minimum absolute atomic E-state index is 0.136. The van der Waals surface area contributed by atoms with Gasteiger partial charge in [0.25, 0.3) is 0 Å². The van der Waals surface area contributed by atoms with Crippen LogP contribution in [0.3, 0.4) is 0 Å². The number of thiazole rings is 1. The molecule has 0 aromatic carbocycles. The lowest BCUT2D eigenvalue weighted by Gasteiger charge is -2.12. The Morgan fingerprint density at radius 1 is 1.27 bits per heavy atom. The first-order chi connectivity index (χ1) is 7.31. The van der Waals surface area contributed by atoms with E-state index < -0.39 is 0 Å². The number of aromatic nitrogens is 3. The lowest BCUT2D eigenvalue weighted by atomic mass is 10.1. The molecule has 2 rings (SSSR count). The van der Waals surface area contributed by atoms with Crippen LogP contribution in [0, 0.1) is 6.92 Å². The molecule has 0 saturated carbocycles. The number of aryl methyl sites for hydroxylation is 1. The third-order valence-electron chi connectivity index (χ3n) is 2.13. The molecular formula is C10H12N4S. The van der Waals surface area contributed by atoms with Crippen molar-refractivity contribution < 1.29 is 0 Å². The third-order valence-corrected chi connectivity index (χ3v) is 3.10. The highest BCUT2D eigenvalue weighted by Gasteiger charge is 2.14. The summed E-state index contributed by atoms with van der Waals surface area (Å²) in [5, 5.41) is 4.31. The molecule has 0 spiro atoms. The number of hydrogen-bond donors (Lipinski definition) is 1. The van der Waals surface area contributed by atoms with Crippen molar-refractivity contribution in [3.8, 4) is 0 Å². The van der Waals surface area contributed by atoms with Gasteiger partial charge in [-0.05, 0) is 14.0 Å². The largest absolute Gasteiger partial charge is 0.309 e. The lowest BCUT2D eigenvalue weighted by Crippen LogP contribution is -2.16. The first kappa shape index (κ1) is 10.2. The fourth-order valence-electron chi connectivity index (χ4n) is 1.44. The van der Waals surface area contributed by atoms with E-state index in [-0.39, 0.29) is 6.04 Å². The Balaban J connectivity index is 2.33. The normalized spacial score (nSPS) is 12.7. The first-order valence-corrected chi connectivity index (χ1v) is 5.47. The molecule has 4 nitrogen and oxygen atoms in total. The topological polar surface area (TPSA) is 50.7 Å². The van der Waals surface area contributed by atoms with E-state index >= 15 is 0 Å². The maximum absolute atomic E-state index is 4.25. The van der Waals surface area contributed by atoms with Crippen molar-refractivity contribution in [3.63, 3.8) is 0 Å². The summed E-state index contributed by atoms with van der Waals surface area (Å²) in [5.74, 6) is 0. The van der Waals surface area contributed by atoms with Gasteiger partial charge in [0.15, 0.2) is 0 Å². The lowest BCUT2D eigenvalue weighted by molar-refractivity contribution is 0.695. The van der Waals surface area contributed by atoms with Gasteiger partial charge in [0.2, 0.25) is 0 Å². The molecule has 0 amide bonds. The van der Waals surface area contributed by atoms with Crippen molar-refractivity contribution in [2.24, 2.45) is 0 Å². The summed E-state index contributed by atoms with van der Waals surface area (Å²) in [5.41, 5.74) is 1.06. The van der Waals surface area contributed by atoms with Crippen LogP contribution in [0.4, 0.5) is 0 Å². The Morgan fingerprint density at radius 3 is 2.53 bits per heavy atom. The van der Waals surface area contributed by atoms with E-state index in [1.54, 1.807) is 11.3 Å². The highest BCUT2D eigenvalue weighted by molar-refractivity contribution is 7.11. The summed E-state index contributed by atoms with van der Waals surface area (Å²) >= 11 is 1.69. The molecule has 0 bridgehead atoms. The van der Waals surface area contributed by atoms with Crippen molar-refractivity contribution in [2.45, 2.75) is 13.0 Å². The minimum Gasteiger partial charge on any atom is -0.309 e. The average Bonchev–Trinajstić information content (AvgIpc) is 2.68. The second kappa shape index (κ2) is 4.46. The van der Waals surface area contributed by atoms with Crippen LogP contribution in [0.1, 0.15) is 21.5 Å². The molecule has 0 aliphatic rings. The van der Waals surface area contributed by atoms with Gasteiger partial charge in [-0.15, -0.1) is 11.3 Å². The molecule has 0 radical (unpaired) electrons. The zero-order chi connectivity index (χ0) is 10.7. The van der Waals surface area contributed by atoms with Gasteiger partial charge in [-0.25, -0.2) is 15.0 Å². The Bertz CT molecular complexity index is 426. The van der Waals surface area contributed by atoms with Crippen molar-refractivity contribution in [2.75, 3.05) is 7.05 Å². The SMILES string of the molecule is CNC(c1cncnc1)c1cnc(C)s1. The average molecular weight is 220 g/mol. The van der Waals surface area contributed by atoms with Gasteiger partial charge in [0.05, 0.1) is 11.0 Å². The molecule has 0 fully saturated rings. The van der Waals surface area contributed by atoms with Crippen molar-refractivity contribution in [3.05, 3.63) is 40.4 Å². The van der Waals surface area contributed by atoms with Gasteiger partial charge < -0.3 is 5.32 Å². The predicted octanol–water partition coefficient (Wildman–Crippen LogP) is 1.55. The monoisotopic (exact) mass is 220 g/mol. The Kier molecular flexibility index (Phi) is 3.03.